The Balaban J connectivity index is 1.89. The van der Waals surface area contributed by atoms with Crippen LogP contribution < -0.4 is 5.32 Å². The van der Waals surface area contributed by atoms with E-state index in [0.29, 0.717) is 25.2 Å². The van der Waals surface area contributed by atoms with Crippen molar-refractivity contribution in [3.63, 3.8) is 0 Å². The first-order valence-electron chi connectivity index (χ1n) is 5.98. The minimum absolute atomic E-state index is 0.0217. The molecule has 96 valence electrons. The van der Waals surface area contributed by atoms with Gasteiger partial charge in [0.1, 0.15) is 0 Å². The molecule has 1 aliphatic heterocycles. The predicted molar refractivity (Wildman–Crippen MR) is 66.5 cm³/mol. The first-order valence-corrected chi connectivity index (χ1v) is 5.98. The smallest absolute Gasteiger partial charge is 0.404 e. The Morgan fingerprint density at radius 1 is 1.33 bits per heavy atom. The van der Waals surface area contributed by atoms with Gasteiger partial charge in [-0.05, 0) is 24.5 Å². The summed E-state index contributed by atoms with van der Waals surface area (Å²) in [5.41, 5.74) is 0.685. The maximum Gasteiger partial charge on any atom is 0.404 e. The molecular formula is C13H16N2O3. The summed E-state index contributed by atoms with van der Waals surface area (Å²) in [5, 5.41) is 10.9. The van der Waals surface area contributed by atoms with Crippen molar-refractivity contribution in [3.8, 4) is 0 Å². The lowest BCUT2D eigenvalue weighted by atomic mass is 10.1. The van der Waals surface area contributed by atoms with Gasteiger partial charge in [0, 0.05) is 25.2 Å². The van der Waals surface area contributed by atoms with Crippen LogP contribution in [0.3, 0.4) is 0 Å². The van der Waals surface area contributed by atoms with Gasteiger partial charge in [0.2, 0.25) is 0 Å². The van der Waals surface area contributed by atoms with Gasteiger partial charge in [-0.2, -0.15) is 0 Å². The highest BCUT2D eigenvalue weighted by Crippen LogP contribution is 2.18. The number of carbonyl (C=O) groups excluding carboxylic acids is 1. The number of carbonyl (C=O) groups is 2. The highest BCUT2D eigenvalue weighted by molar-refractivity contribution is 5.94. The Kier molecular flexibility index (Phi) is 3.82. The molecule has 2 amide bonds. The molecule has 1 unspecified atom stereocenters. The molecule has 1 fully saturated rings. The minimum atomic E-state index is -1.01. The van der Waals surface area contributed by atoms with E-state index in [4.69, 9.17) is 5.11 Å². The lowest BCUT2D eigenvalue weighted by Crippen LogP contribution is -2.32. The van der Waals surface area contributed by atoms with Gasteiger partial charge in [-0.3, -0.25) is 4.79 Å². The van der Waals surface area contributed by atoms with Gasteiger partial charge in [0.15, 0.2) is 0 Å². The molecular weight excluding hydrogens is 232 g/mol. The maximum atomic E-state index is 12.1. The van der Waals surface area contributed by atoms with Crippen LogP contribution >= 0.6 is 0 Å². The summed E-state index contributed by atoms with van der Waals surface area (Å²) in [6, 6.07) is 9.15. The summed E-state index contributed by atoms with van der Waals surface area (Å²) in [6.07, 6.45) is -0.165. The molecule has 2 N–H and O–H groups in total. The zero-order valence-electron chi connectivity index (χ0n) is 10.0. The van der Waals surface area contributed by atoms with E-state index in [-0.39, 0.29) is 11.8 Å². The molecule has 0 aromatic heterocycles. The number of hydrogen-bond acceptors (Lipinski definition) is 2. The van der Waals surface area contributed by atoms with Crippen molar-refractivity contribution in [1.82, 2.24) is 10.2 Å². The lowest BCUT2D eigenvalue weighted by molar-refractivity contribution is 0.0787. The van der Waals surface area contributed by atoms with Gasteiger partial charge in [-0.25, -0.2) is 4.79 Å². The molecule has 2 rings (SSSR count). The van der Waals surface area contributed by atoms with Crippen LogP contribution in [0.2, 0.25) is 0 Å². The van der Waals surface area contributed by atoms with Crippen LogP contribution in [0.4, 0.5) is 4.79 Å². The summed E-state index contributed by atoms with van der Waals surface area (Å²) >= 11 is 0. The third kappa shape index (κ3) is 3.00. The molecule has 0 aliphatic carbocycles. The van der Waals surface area contributed by atoms with E-state index in [2.05, 4.69) is 5.32 Å². The molecule has 1 saturated heterocycles. The van der Waals surface area contributed by atoms with Crippen LogP contribution in [-0.4, -0.2) is 41.6 Å². The molecule has 0 radical (unpaired) electrons. The van der Waals surface area contributed by atoms with E-state index in [9.17, 15) is 9.59 Å². The SMILES string of the molecule is O=C(O)NCC1CCN(C(=O)c2ccccc2)C1. The largest absolute Gasteiger partial charge is 0.465 e. The summed E-state index contributed by atoms with van der Waals surface area (Å²) in [6.45, 7) is 1.72. The van der Waals surface area contributed by atoms with Gasteiger partial charge in [-0.15, -0.1) is 0 Å². The second kappa shape index (κ2) is 5.53. The fourth-order valence-electron chi connectivity index (χ4n) is 2.18. The fraction of sp³-hybridized carbons (Fsp3) is 0.385. The molecule has 0 spiro atoms. The molecule has 1 aromatic rings. The number of rotatable bonds is 3. The molecule has 5 nitrogen and oxygen atoms in total. The quantitative estimate of drug-likeness (QED) is 0.849. The Hall–Kier alpha value is -2.04. The lowest BCUT2D eigenvalue weighted by Gasteiger charge is -2.16. The molecule has 0 saturated carbocycles. The van der Waals surface area contributed by atoms with Crippen LogP contribution in [0.1, 0.15) is 16.8 Å². The number of benzene rings is 1. The van der Waals surface area contributed by atoms with Crippen LogP contribution in [0.15, 0.2) is 30.3 Å². The maximum absolute atomic E-state index is 12.1. The molecule has 1 aromatic carbocycles. The van der Waals surface area contributed by atoms with Gasteiger partial charge in [0.25, 0.3) is 5.91 Å². The molecule has 1 atom stereocenters. The van der Waals surface area contributed by atoms with Crippen molar-refractivity contribution < 1.29 is 14.7 Å². The van der Waals surface area contributed by atoms with E-state index < -0.39 is 6.09 Å². The summed E-state index contributed by atoms with van der Waals surface area (Å²) in [4.78, 5) is 24.3. The Morgan fingerprint density at radius 3 is 2.72 bits per heavy atom. The van der Waals surface area contributed by atoms with Crippen LogP contribution in [0.25, 0.3) is 0 Å². The van der Waals surface area contributed by atoms with E-state index in [1.807, 2.05) is 18.2 Å². The van der Waals surface area contributed by atoms with Crippen molar-refractivity contribution in [1.29, 1.82) is 0 Å². The number of amides is 2. The second-order valence-electron chi connectivity index (χ2n) is 4.46. The third-order valence-corrected chi connectivity index (χ3v) is 3.14. The summed E-state index contributed by atoms with van der Waals surface area (Å²) in [7, 11) is 0. The summed E-state index contributed by atoms with van der Waals surface area (Å²) < 4.78 is 0. The van der Waals surface area contributed by atoms with Crippen molar-refractivity contribution in [2.24, 2.45) is 5.92 Å². The monoisotopic (exact) mass is 248 g/mol. The number of nitrogens with one attached hydrogen (secondary N) is 1. The van der Waals surface area contributed by atoms with Crippen molar-refractivity contribution in [2.75, 3.05) is 19.6 Å². The Bertz CT molecular complexity index is 433. The standard InChI is InChI=1S/C13H16N2O3/c16-12(11-4-2-1-3-5-11)15-7-6-10(9-15)8-14-13(17)18/h1-5,10,14H,6-9H2,(H,17,18). The van der Waals surface area contributed by atoms with Crippen molar-refractivity contribution in [3.05, 3.63) is 35.9 Å². The number of hydrogen-bond donors (Lipinski definition) is 2. The van der Waals surface area contributed by atoms with E-state index in [0.717, 1.165) is 6.42 Å². The summed E-state index contributed by atoms with van der Waals surface area (Å²) in [5.74, 6) is 0.238. The van der Waals surface area contributed by atoms with Gasteiger partial charge in [-0.1, -0.05) is 18.2 Å². The van der Waals surface area contributed by atoms with Crippen molar-refractivity contribution >= 4 is 12.0 Å². The number of nitrogens with zero attached hydrogens (tertiary/aromatic N) is 1. The van der Waals surface area contributed by atoms with Gasteiger partial charge in [0.05, 0.1) is 0 Å². The van der Waals surface area contributed by atoms with Crippen LogP contribution in [-0.2, 0) is 0 Å². The van der Waals surface area contributed by atoms with Gasteiger partial charge >= 0.3 is 6.09 Å². The van der Waals surface area contributed by atoms with E-state index in [1.165, 1.54) is 0 Å². The number of likely N-dealkylation sites (tertiary alicyclic amines) is 1. The molecule has 18 heavy (non-hydrogen) atoms. The first kappa shape index (κ1) is 12.4. The Labute approximate surface area is 105 Å². The highest BCUT2D eigenvalue weighted by atomic mass is 16.4. The second-order valence-corrected chi connectivity index (χ2v) is 4.46. The average Bonchev–Trinajstić information content (AvgIpc) is 2.85. The molecule has 0 bridgehead atoms. The Morgan fingerprint density at radius 2 is 2.06 bits per heavy atom. The highest BCUT2D eigenvalue weighted by Gasteiger charge is 2.26. The van der Waals surface area contributed by atoms with Gasteiger partial charge < -0.3 is 15.3 Å². The predicted octanol–water partition coefficient (Wildman–Crippen LogP) is 1.42. The molecule has 1 aliphatic rings. The zero-order valence-corrected chi connectivity index (χ0v) is 10.0. The normalized spacial score (nSPS) is 18.7. The van der Waals surface area contributed by atoms with Crippen LogP contribution in [0, 0.1) is 5.92 Å². The number of carboxylic acid groups (broad SMARTS) is 1. The minimum Gasteiger partial charge on any atom is -0.465 e. The fourth-order valence-corrected chi connectivity index (χ4v) is 2.18. The van der Waals surface area contributed by atoms with E-state index >= 15 is 0 Å². The van der Waals surface area contributed by atoms with Crippen molar-refractivity contribution in [2.45, 2.75) is 6.42 Å². The third-order valence-electron chi connectivity index (χ3n) is 3.14. The topological polar surface area (TPSA) is 69.6 Å². The first-order chi connectivity index (χ1) is 8.66. The molecule has 5 heteroatoms. The molecule has 1 heterocycles. The zero-order chi connectivity index (χ0) is 13.0. The van der Waals surface area contributed by atoms with E-state index in [1.54, 1.807) is 17.0 Å². The van der Waals surface area contributed by atoms with Crippen LogP contribution in [0.5, 0.6) is 0 Å². The average molecular weight is 248 g/mol.